The first-order valence-corrected chi connectivity index (χ1v) is 13.6. The summed E-state index contributed by atoms with van der Waals surface area (Å²) in [5, 5.41) is 3.32. The number of benzene rings is 2. The van der Waals surface area contributed by atoms with Crippen LogP contribution in [0.25, 0.3) is 0 Å². The third-order valence-electron chi connectivity index (χ3n) is 5.43. The summed E-state index contributed by atoms with van der Waals surface area (Å²) in [7, 11) is -1.03. The molecule has 198 valence electrons. The van der Waals surface area contributed by atoms with Crippen molar-refractivity contribution in [2.75, 3.05) is 37.9 Å². The molecule has 0 aromatic heterocycles. The maximum absolute atomic E-state index is 13.6. The molecule has 0 fully saturated rings. The first kappa shape index (κ1) is 29.3. The van der Waals surface area contributed by atoms with Crippen molar-refractivity contribution in [2.24, 2.45) is 5.92 Å². The lowest BCUT2D eigenvalue weighted by molar-refractivity contribution is -0.139. The first-order valence-electron chi connectivity index (χ1n) is 11.4. The highest BCUT2D eigenvalue weighted by Gasteiger charge is 2.31. The van der Waals surface area contributed by atoms with Crippen molar-refractivity contribution < 1.29 is 27.5 Å². The molecule has 0 aliphatic heterocycles. The Hall–Kier alpha value is -2.98. The molecule has 11 heteroatoms. The third kappa shape index (κ3) is 8.03. The molecule has 0 radical (unpaired) electrons. The van der Waals surface area contributed by atoms with Gasteiger partial charge in [0.15, 0.2) is 0 Å². The third-order valence-corrected chi connectivity index (χ3v) is 6.79. The van der Waals surface area contributed by atoms with Gasteiger partial charge in [0.05, 0.1) is 26.2 Å². The van der Waals surface area contributed by atoms with Crippen LogP contribution < -0.4 is 19.1 Å². The Kier molecular flexibility index (Phi) is 10.4. The average molecular weight is 540 g/mol. The largest absolute Gasteiger partial charge is 0.497 e. The lowest BCUT2D eigenvalue weighted by Gasteiger charge is -2.32. The molecular formula is C25H34ClN3O6S. The van der Waals surface area contributed by atoms with Crippen molar-refractivity contribution in [3.05, 3.63) is 53.1 Å². The smallest absolute Gasteiger partial charge is 0.244 e. The van der Waals surface area contributed by atoms with E-state index < -0.39 is 28.5 Å². The minimum absolute atomic E-state index is 0.0625. The van der Waals surface area contributed by atoms with Crippen LogP contribution in [0.3, 0.4) is 0 Å². The number of rotatable bonds is 12. The Morgan fingerprint density at radius 2 is 1.75 bits per heavy atom. The molecule has 0 unspecified atom stereocenters. The summed E-state index contributed by atoms with van der Waals surface area (Å²) < 4.78 is 37.0. The number of nitrogens with zero attached hydrogens (tertiary/aromatic N) is 2. The average Bonchev–Trinajstić information content (AvgIpc) is 2.82. The zero-order valence-electron chi connectivity index (χ0n) is 21.4. The number of hydrogen-bond donors (Lipinski definition) is 1. The predicted octanol–water partition coefficient (Wildman–Crippen LogP) is 3.31. The number of halogens is 1. The number of amides is 2. The fourth-order valence-corrected chi connectivity index (χ4v) is 4.52. The summed E-state index contributed by atoms with van der Waals surface area (Å²) >= 11 is 6.12. The second kappa shape index (κ2) is 12.8. The van der Waals surface area contributed by atoms with Crippen molar-refractivity contribution >= 4 is 39.1 Å². The standard InChI is InChI=1S/C25H34ClN3O6S/c1-17(2)14-27-25(31)18(3)28(15-19-8-7-9-20(26)12-19)24(30)16-29(36(6,32)33)22-11-10-21(34-4)13-23(22)35-5/h7-13,17-18H,14-16H2,1-6H3,(H,27,31)/t18-/m0/s1. The quantitative estimate of drug-likeness (QED) is 0.443. The monoisotopic (exact) mass is 539 g/mol. The summed E-state index contributed by atoms with van der Waals surface area (Å²) in [5.74, 6) is 0.00377. The summed E-state index contributed by atoms with van der Waals surface area (Å²) in [6.45, 7) is 5.51. The van der Waals surface area contributed by atoms with E-state index in [2.05, 4.69) is 5.32 Å². The maximum atomic E-state index is 13.6. The number of methoxy groups -OCH3 is 2. The molecule has 36 heavy (non-hydrogen) atoms. The van der Waals surface area contributed by atoms with E-state index in [-0.39, 0.29) is 29.8 Å². The molecule has 1 atom stereocenters. The van der Waals surface area contributed by atoms with Crippen LogP contribution in [0, 0.1) is 5.92 Å². The number of carbonyl (C=O) groups is 2. The van der Waals surface area contributed by atoms with E-state index in [0.29, 0.717) is 22.9 Å². The Morgan fingerprint density at radius 3 is 2.31 bits per heavy atom. The molecule has 1 N–H and O–H groups in total. The predicted molar refractivity (Wildman–Crippen MR) is 141 cm³/mol. The molecule has 2 aromatic rings. The first-order chi connectivity index (χ1) is 16.9. The van der Waals surface area contributed by atoms with Crippen molar-refractivity contribution in [1.29, 1.82) is 0 Å². The van der Waals surface area contributed by atoms with Gasteiger partial charge >= 0.3 is 0 Å². The van der Waals surface area contributed by atoms with Crippen LogP contribution in [0.15, 0.2) is 42.5 Å². The van der Waals surface area contributed by atoms with E-state index in [0.717, 1.165) is 10.6 Å². The SMILES string of the molecule is COc1ccc(N(CC(=O)N(Cc2cccc(Cl)c2)[C@@H](C)C(=O)NCC(C)C)S(C)(=O)=O)c(OC)c1. The van der Waals surface area contributed by atoms with E-state index in [1.807, 2.05) is 13.8 Å². The zero-order valence-corrected chi connectivity index (χ0v) is 23.0. The minimum Gasteiger partial charge on any atom is -0.497 e. The summed E-state index contributed by atoms with van der Waals surface area (Å²) in [5.41, 5.74) is 0.876. The molecule has 2 amide bonds. The Balaban J connectivity index is 2.44. The molecule has 0 saturated carbocycles. The minimum atomic E-state index is -3.90. The van der Waals surface area contributed by atoms with Crippen molar-refractivity contribution in [3.8, 4) is 11.5 Å². The molecular weight excluding hydrogens is 506 g/mol. The van der Waals surface area contributed by atoms with E-state index in [1.165, 1.54) is 31.3 Å². The lowest BCUT2D eigenvalue weighted by Crippen LogP contribution is -2.51. The second-order valence-electron chi connectivity index (χ2n) is 8.77. The van der Waals surface area contributed by atoms with Gasteiger partial charge in [0.25, 0.3) is 0 Å². The number of ether oxygens (including phenoxy) is 2. The normalized spacial score (nSPS) is 12.1. The van der Waals surface area contributed by atoms with E-state index in [4.69, 9.17) is 21.1 Å². The van der Waals surface area contributed by atoms with Gasteiger partial charge in [-0.1, -0.05) is 37.6 Å². The molecule has 0 aliphatic carbocycles. The second-order valence-corrected chi connectivity index (χ2v) is 11.1. The van der Waals surface area contributed by atoms with Crippen molar-refractivity contribution in [2.45, 2.75) is 33.4 Å². The van der Waals surface area contributed by atoms with E-state index >= 15 is 0 Å². The van der Waals surface area contributed by atoms with Gasteiger partial charge in [0, 0.05) is 24.2 Å². The topological polar surface area (TPSA) is 105 Å². The Morgan fingerprint density at radius 1 is 1.06 bits per heavy atom. The molecule has 0 bridgehead atoms. The number of anilines is 1. The van der Waals surface area contributed by atoms with Crippen LogP contribution in [0.1, 0.15) is 26.3 Å². The van der Waals surface area contributed by atoms with Crippen molar-refractivity contribution in [1.82, 2.24) is 10.2 Å². The van der Waals surface area contributed by atoms with Gasteiger partial charge in [-0.2, -0.15) is 0 Å². The van der Waals surface area contributed by atoms with E-state index in [9.17, 15) is 18.0 Å². The molecule has 0 heterocycles. The number of carbonyl (C=O) groups excluding carboxylic acids is 2. The lowest BCUT2D eigenvalue weighted by atomic mass is 10.1. The van der Waals surface area contributed by atoms with Gasteiger partial charge < -0.3 is 19.7 Å². The van der Waals surface area contributed by atoms with Crippen LogP contribution in [-0.2, 0) is 26.2 Å². The Labute approximate surface area is 218 Å². The van der Waals surface area contributed by atoms with Gasteiger partial charge in [-0.25, -0.2) is 8.42 Å². The summed E-state index contributed by atoms with van der Waals surface area (Å²) in [4.78, 5) is 27.8. The fourth-order valence-electron chi connectivity index (χ4n) is 3.45. The zero-order chi connectivity index (χ0) is 27.0. The van der Waals surface area contributed by atoms with Gasteiger partial charge in [0.1, 0.15) is 24.1 Å². The van der Waals surface area contributed by atoms with Gasteiger partial charge in [0.2, 0.25) is 21.8 Å². The maximum Gasteiger partial charge on any atom is 0.244 e. The molecule has 0 spiro atoms. The van der Waals surface area contributed by atoms with Crippen molar-refractivity contribution in [3.63, 3.8) is 0 Å². The fraction of sp³-hybridized carbons (Fsp3) is 0.440. The number of sulfonamides is 1. The molecule has 2 rings (SSSR count). The van der Waals surface area contributed by atoms with Gasteiger partial charge in [-0.05, 0) is 42.7 Å². The molecule has 0 saturated heterocycles. The van der Waals surface area contributed by atoms with Crippen LogP contribution in [0.2, 0.25) is 5.02 Å². The highest BCUT2D eigenvalue weighted by atomic mass is 35.5. The van der Waals surface area contributed by atoms with Crippen LogP contribution >= 0.6 is 11.6 Å². The highest BCUT2D eigenvalue weighted by Crippen LogP contribution is 2.33. The van der Waals surface area contributed by atoms with Gasteiger partial charge in [-0.15, -0.1) is 0 Å². The number of nitrogens with one attached hydrogen (secondary N) is 1. The van der Waals surface area contributed by atoms with Crippen LogP contribution in [-0.4, -0.2) is 64.7 Å². The summed E-state index contributed by atoms with van der Waals surface area (Å²) in [6.07, 6.45) is 1.00. The molecule has 9 nitrogen and oxygen atoms in total. The highest BCUT2D eigenvalue weighted by molar-refractivity contribution is 7.92. The van der Waals surface area contributed by atoms with Crippen LogP contribution in [0.4, 0.5) is 5.69 Å². The Bertz CT molecular complexity index is 1170. The molecule has 0 aliphatic rings. The van der Waals surface area contributed by atoms with Gasteiger partial charge in [-0.3, -0.25) is 13.9 Å². The number of hydrogen-bond acceptors (Lipinski definition) is 6. The van der Waals surface area contributed by atoms with E-state index in [1.54, 1.807) is 37.3 Å². The summed E-state index contributed by atoms with van der Waals surface area (Å²) in [6, 6.07) is 10.7. The van der Waals surface area contributed by atoms with Crippen LogP contribution in [0.5, 0.6) is 11.5 Å². The molecule has 2 aromatic carbocycles.